The Hall–Kier alpha value is -3.40. The third-order valence-corrected chi connectivity index (χ3v) is 6.06. The zero-order valence-corrected chi connectivity index (χ0v) is 18.3. The van der Waals surface area contributed by atoms with Crippen LogP contribution < -0.4 is 5.32 Å². The first-order valence-electron chi connectivity index (χ1n) is 11.0. The molecule has 1 aromatic carbocycles. The van der Waals surface area contributed by atoms with E-state index < -0.39 is 0 Å². The Kier molecular flexibility index (Phi) is 6.17. The van der Waals surface area contributed by atoms with Crippen molar-refractivity contribution in [3.63, 3.8) is 0 Å². The van der Waals surface area contributed by atoms with Crippen LogP contribution in [-0.4, -0.2) is 16.0 Å². The van der Waals surface area contributed by atoms with E-state index in [0.717, 1.165) is 45.6 Å². The lowest BCUT2D eigenvalue weighted by Gasteiger charge is -2.20. The third kappa shape index (κ3) is 4.24. The molecule has 0 radical (unpaired) electrons. The van der Waals surface area contributed by atoms with E-state index in [1.165, 1.54) is 37.7 Å². The van der Waals surface area contributed by atoms with Gasteiger partial charge in [0.25, 0.3) is 0 Å². The minimum absolute atomic E-state index is 0.765. The van der Waals surface area contributed by atoms with Gasteiger partial charge in [-0.3, -0.25) is 4.99 Å². The lowest BCUT2D eigenvalue weighted by atomic mass is 9.96. The number of hydrogen-bond acceptors (Lipinski definition) is 3. The highest BCUT2D eigenvalue weighted by atomic mass is 15.4. The van der Waals surface area contributed by atoms with E-state index in [4.69, 9.17) is 5.10 Å². The van der Waals surface area contributed by atoms with E-state index in [1.54, 1.807) is 12.3 Å². The SMILES string of the molecule is C=C/C=N\C(=C/C)c1nn2c(c1C=C)NC(c1ccc(CC3CCCC3)cc1)=CC2=C. The Bertz CT molecular complexity index is 1090. The molecule has 1 aliphatic carbocycles. The molecule has 1 N–H and O–H groups in total. The maximum absolute atomic E-state index is 4.75. The Morgan fingerprint density at radius 1 is 1.23 bits per heavy atom. The molecule has 0 saturated heterocycles. The smallest absolute Gasteiger partial charge is 0.142 e. The number of anilines is 1. The van der Waals surface area contributed by atoms with Gasteiger partial charge in [0, 0.05) is 17.5 Å². The van der Waals surface area contributed by atoms with Crippen LogP contribution in [-0.2, 0) is 6.42 Å². The molecule has 0 unspecified atom stereocenters. The van der Waals surface area contributed by atoms with Gasteiger partial charge >= 0.3 is 0 Å². The molecule has 0 atom stereocenters. The molecule has 1 aliphatic heterocycles. The number of benzene rings is 1. The van der Waals surface area contributed by atoms with Gasteiger partial charge in [0.05, 0.1) is 11.4 Å². The van der Waals surface area contributed by atoms with Crippen LogP contribution >= 0.6 is 0 Å². The number of nitrogens with zero attached hydrogens (tertiary/aromatic N) is 3. The number of aliphatic imine (C=N–C) groups is 1. The first-order valence-corrected chi connectivity index (χ1v) is 11.0. The van der Waals surface area contributed by atoms with Crippen LogP contribution in [0, 0.1) is 5.92 Å². The van der Waals surface area contributed by atoms with E-state index >= 15 is 0 Å². The van der Waals surface area contributed by atoms with Gasteiger partial charge in [-0.05, 0) is 36.5 Å². The van der Waals surface area contributed by atoms with Crippen molar-refractivity contribution in [1.29, 1.82) is 0 Å². The van der Waals surface area contributed by atoms with Gasteiger partial charge < -0.3 is 5.32 Å². The maximum Gasteiger partial charge on any atom is 0.142 e. The van der Waals surface area contributed by atoms with Crippen molar-refractivity contribution in [2.24, 2.45) is 10.9 Å². The lowest BCUT2D eigenvalue weighted by molar-refractivity contribution is 0.546. The van der Waals surface area contributed by atoms with Gasteiger partial charge in [0.1, 0.15) is 11.5 Å². The van der Waals surface area contributed by atoms with E-state index in [2.05, 4.69) is 54.3 Å². The quantitative estimate of drug-likeness (QED) is 0.509. The summed E-state index contributed by atoms with van der Waals surface area (Å²) in [5.41, 5.74) is 6.80. The summed E-state index contributed by atoms with van der Waals surface area (Å²) in [7, 11) is 0. The number of allylic oxidation sites excluding steroid dienone is 4. The summed E-state index contributed by atoms with van der Waals surface area (Å²) >= 11 is 0. The molecule has 31 heavy (non-hydrogen) atoms. The molecule has 2 aromatic rings. The zero-order chi connectivity index (χ0) is 21.8. The molecule has 0 spiro atoms. The highest BCUT2D eigenvalue weighted by Crippen LogP contribution is 2.36. The van der Waals surface area contributed by atoms with Crippen LogP contribution in [0.15, 0.2) is 67.2 Å². The fourth-order valence-corrected chi connectivity index (χ4v) is 4.46. The van der Waals surface area contributed by atoms with Gasteiger partial charge in [0.15, 0.2) is 0 Å². The van der Waals surface area contributed by atoms with E-state index in [9.17, 15) is 0 Å². The Morgan fingerprint density at radius 2 is 1.97 bits per heavy atom. The topological polar surface area (TPSA) is 42.2 Å². The molecule has 1 fully saturated rings. The minimum Gasteiger partial charge on any atom is -0.339 e. The molecule has 4 nitrogen and oxygen atoms in total. The Morgan fingerprint density at radius 3 is 2.61 bits per heavy atom. The van der Waals surface area contributed by atoms with Gasteiger partial charge in [-0.25, -0.2) is 4.68 Å². The summed E-state index contributed by atoms with van der Waals surface area (Å²) in [6.07, 6.45) is 15.8. The standard InChI is InChI=1S/C27H30N4/c1-5-16-28-24(7-3)26-23(6-2)27-29-25(17-19(4)31(27)30-26)22-14-12-21(13-15-22)18-20-10-8-9-11-20/h5-7,12-17,20,29H,1-2,4,8-11,18H2,3H3/b24-7-,28-16-. The van der Waals surface area contributed by atoms with Crippen LogP contribution in [0.3, 0.4) is 0 Å². The summed E-state index contributed by atoms with van der Waals surface area (Å²) < 4.78 is 1.82. The fourth-order valence-electron chi connectivity index (χ4n) is 4.46. The normalized spacial score (nSPS) is 16.9. The summed E-state index contributed by atoms with van der Waals surface area (Å²) in [6, 6.07) is 8.91. The molecule has 2 heterocycles. The minimum atomic E-state index is 0.765. The Labute approximate surface area is 185 Å². The van der Waals surface area contributed by atoms with Crippen molar-refractivity contribution in [2.75, 3.05) is 5.32 Å². The average Bonchev–Trinajstić information content (AvgIpc) is 3.42. The zero-order valence-electron chi connectivity index (χ0n) is 18.3. The maximum atomic E-state index is 4.75. The van der Waals surface area contributed by atoms with Gasteiger partial charge in [-0.1, -0.05) is 87.9 Å². The monoisotopic (exact) mass is 410 g/mol. The molecule has 0 amide bonds. The van der Waals surface area contributed by atoms with Crippen LogP contribution in [0.25, 0.3) is 23.2 Å². The summed E-state index contributed by atoms with van der Waals surface area (Å²) in [6.45, 7) is 13.9. The van der Waals surface area contributed by atoms with Gasteiger partial charge in [-0.2, -0.15) is 5.10 Å². The first kappa shape index (κ1) is 20.9. The van der Waals surface area contributed by atoms with E-state index in [-0.39, 0.29) is 0 Å². The number of hydrogen-bond donors (Lipinski definition) is 1. The molecule has 4 heteroatoms. The second-order valence-electron chi connectivity index (χ2n) is 8.14. The molecule has 0 bridgehead atoms. The molecule has 2 aliphatic rings. The van der Waals surface area contributed by atoms with Crippen molar-refractivity contribution in [1.82, 2.24) is 9.78 Å². The van der Waals surface area contributed by atoms with Crippen molar-refractivity contribution < 1.29 is 0 Å². The van der Waals surface area contributed by atoms with Gasteiger partial charge in [-0.15, -0.1) is 0 Å². The molecule has 1 saturated carbocycles. The molecule has 1 aromatic heterocycles. The predicted molar refractivity (Wildman–Crippen MR) is 134 cm³/mol. The van der Waals surface area contributed by atoms with Crippen LogP contribution in [0.4, 0.5) is 5.82 Å². The van der Waals surface area contributed by atoms with E-state index in [0.29, 0.717) is 0 Å². The second-order valence-corrected chi connectivity index (χ2v) is 8.14. The number of aromatic nitrogens is 2. The highest BCUT2D eigenvalue weighted by Gasteiger charge is 2.23. The summed E-state index contributed by atoms with van der Waals surface area (Å²) in [5, 5.41) is 8.29. The molecular formula is C27H30N4. The predicted octanol–water partition coefficient (Wildman–Crippen LogP) is 6.81. The Balaban J connectivity index is 1.61. The fraction of sp³-hybridized carbons (Fsp3) is 0.259. The summed E-state index contributed by atoms with van der Waals surface area (Å²) in [4.78, 5) is 4.46. The average molecular weight is 411 g/mol. The highest BCUT2D eigenvalue weighted by molar-refractivity contribution is 5.92. The largest absolute Gasteiger partial charge is 0.339 e. The molecule has 158 valence electrons. The number of nitrogens with one attached hydrogen (secondary N) is 1. The van der Waals surface area contributed by atoms with Crippen LogP contribution in [0.1, 0.15) is 55.0 Å². The summed E-state index contributed by atoms with van der Waals surface area (Å²) in [5.74, 6) is 1.71. The van der Waals surface area contributed by atoms with Crippen molar-refractivity contribution in [3.8, 4) is 0 Å². The number of rotatable bonds is 7. The van der Waals surface area contributed by atoms with Crippen molar-refractivity contribution in [2.45, 2.75) is 39.0 Å². The molecular weight excluding hydrogens is 380 g/mol. The van der Waals surface area contributed by atoms with E-state index in [1.807, 2.05) is 29.8 Å². The lowest BCUT2D eigenvalue weighted by Crippen LogP contribution is -2.12. The molecule has 4 rings (SSSR count). The number of fused-ring (bicyclic) bond motifs is 1. The van der Waals surface area contributed by atoms with Crippen LogP contribution in [0.2, 0.25) is 0 Å². The first-order chi connectivity index (χ1) is 15.1. The third-order valence-electron chi connectivity index (χ3n) is 6.06. The van der Waals surface area contributed by atoms with Crippen molar-refractivity contribution in [3.05, 3.63) is 84.6 Å². The van der Waals surface area contributed by atoms with Crippen molar-refractivity contribution >= 4 is 35.2 Å². The van der Waals surface area contributed by atoms with Gasteiger partial charge in [0.2, 0.25) is 0 Å². The van der Waals surface area contributed by atoms with Crippen LogP contribution in [0.5, 0.6) is 0 Å². The second kappa shape index (κ2) is 9.17.